The summed E-state index contributed by atoms with van der Waals surface area (Å²) in [5.41, 5.74) is 4.56. The number of hydrogen-bond donors (Lipinski definition) is 2. The highest BCUT2D eigenvalue weighted by Gasteiger charge is 2.28. The largest absolute Gasteiger partial charge is 0.507 e. The topological polar surface area (TPSA) is 75.6 Å². The molecule has 0 atom stereocenters. The number of thiophene rings is 1. The lowest BCUT2D eigenvalue weighted by Gasteiger charge is -2.28. The van der Waals surface area contributed by atoms with E-state index in [2.05, 4.69) is 59.0 Å². The predicted octanol–water partition coefficient (Wildman–Crippen LogP) is 7.80. The summed E-state index contributed by atoms with van der Waals surface area (Å²) in [6.07, 6.45) is 7.02. The van der Waals surface area contributed by atoms with Gasteiger partial charge in [0.05, 0.1) is 17.9 Å². The number of aryl methyl sites for hydroxylation is 2. The molecule has 5 nitrogen and oxygen atoms in total. The van der Waals surface area contributed by atoms with Crippen LogP contribution in [0, 0.1) is 0 Å². The molecule has 0 spiro atoms. The molecule has 2 aromatic rings. The van der Waals surface area contributed by atoms with Crippen molar-refractivity contribution in [1.82, 2.24) is 0 Å². The normalized spacial score (nSPS) is 14.1. The Hall–Kier alpha value is -1.99. The van der Waals surface area contributed by atoms with E-state index in [1.807, 2.05) is 6.92 Å². The number of carbonyl (C=O) groups excluding carboxylic acids is 2. The highest BCUT2D eigenvalue weighted by molar-refractivity contribution is 7.99. The minimum absolute atomic E-state index is 0.0772. The van der Waals surface area contributed by atoms with Crippen molar-refractivity contribution in [3.8, 4) is 5.75 Å². The molecule has 3 rings (SSSR count). The van der Waals surface area contributed by atoms with Crippen molar-refractivity contribution >= 4 is 40.0 Å². The van der Waals surface area contributed by atoms with Crippen molar-refractivity contribution in [1.29, 1.82) is 0 Å². The van der Waals surface area contributed by atoms with Crippen molar-refractivity contribution < 1.29 is 19.4 Å². The van der Waals surface area contributed by atoms with E-state index in [1.165, 1.54) is 16.9 Å². The number of thioether (sulfide) groups is 1. The van der Waals surface area contributed by atoms with E-state index in [1.54, 1.807) is 23.1 Å². The molecule has 1 aliphatic rings. The van der Waals surface area contributed by atoms with Gasteiger partial charge in [0.15, 0.2) is 0 Å². The van der Waals surface area contributed by atoms with Gasteiger partial charge in [-0.1, -0.05) is 60.1 Å². The van der Waals surface area contributed by atoms with E-state index in [0.717, 1.165) is 61.0 Å². The number of ether oxygens (including phenoxy) is 1. The number of aromatic hydroxyl groups is 1. The highest BCUT2D eigenvalue weighted by Crippen LogP contribution is 2.40. The second-order valence-electron chi connectivity index (χ2n) is 12.2. The second-order valence-corrected chi connectivity index (χ2v) is 14.4. The SMILES string of the molecule is CCOC(=O)c1c(NC(=O)CSCCCc2cc(C(C)(C)C)c(O)c(C(C)(C)C)c2)sc2c1CCCCC2. The summed E-state index contributed by atoms with van der Waals surface area (Å²) in [5, 5.41) is 14.6. The minimum Gasteiger partial charge on any atom is -0.507 e. The number of phenolic OH excluding ortho intramolecular Hbond substituents is 1. The quantitative estimate of drug-likeness (QED) is 0.186. The molecule has 38 heavy (non-hydrogen) atoms. The molecule has 1 amide bonds. The highest BCUT2D eigenvalue weighted by atomic mass is 32.2. The van der Waals surface area contributed by atoms with E-state index in [9.17, 15) is 14.7 Å². The summed E-state index contributed by atoms with van der Waals surface area (Å²) in [4.78, 5) is 26.7. The van der Waals surface area contributed by atoms with Gasteiger partial charge in [-0.2, -0.15) is 11.8 Å². The van der Waals surface area contributed by atoms with Crippen molar-refractivity contribution in [2.45, 2.75) is 104 Å². The maximum Gasteiger partial charge on any atom is 0.341 e. The van der Waals surface area contributed by atoms with Crippen LogP contribution in [0.4, 0.5) is 5.00 Å². The zero-order valence-corrected chi connectivity index (χ0v) is 25.8. The van der Waals surface area contributed by atoms with Gasteiger partial charge in [-0.3, -0.25) is 4.79 Å². The summed E-state index contributed by atoms with van der Waals surface area (Å²) in [5.74, 6) is 1.21. The maximum absolute atomic E-state index is 12.8. The lowest BCUT2D eigenvalue weighted by Crippen LogP contribution is -2.18. The number of hydrogen-bond acceptors (Lipinski definition) is 6. The average molecular weight is 560 g/mol. The number of nitrogens with one attached hydrogen (secondary N) is 1. The molecule has 0 radical (unpaired) electrons. The molecular weight excluding hydrogens is 514 g/mol. The Morgan fingerprint density at radius 1 is 1.03 bits per heavy atom. The molecule has 2 N–H and O–H groups in total. The number of rotatable bonds is 9. The van der Waals surface area contributed by atoms with E-state index < -0.39 is 0 Å². The Bertz CT molecular complexity index is 1100. The fourth-order valence-corrected chi connectivity index (χ4v) is 6.98. The third-order valence-corrected chi connectivity index (χ3v) is 9.18. The second kappa shape index (κ2) is 12.9. The first kappa shape index (κ1) is 30.6. The van der Waals surface area contributed by atoms with Crippen molar-refractivity contribution in [2.24, 2.45) is 0 Å². The van der Waals surface area contributed by atoms with Crippen LogP contribution in [0.3, 0.4) is 0 Å². The molecule has 1 aromatic carbocycles. The smallest absolute Gasteiger partial charge is 0.341 e. The molecule has 1 heterocycles. The number of amides is 1. The van der Waals surface area contributed by atoms with Gasteiger partial charge in [0, 0.05) is 4.88 Å². The molecule has 0 saturated heterocycles. The summed E-state index contributed by atoms with van der Waals surface area (Å²) < 4.78 is 5.33. The van der Waals surface area contributed by atoms with E-state index in [-0.39, 0.29) is 22.7 Å². The van der Waals surface area contributed by atoms with Crippen molar-refractivity contribution in [2.75, 3.05) is 23.4 Å². The molecule has 7 heteroatoms. The molecule has 0 fully saturated rings. The van der Waals surface area contributed by atoms with Gasteiger partial charge < -0.3 is 15.2 Å². The van der Waals surface area contributed by atoms with Gasteiger partial charge in [0.1, 0.15) is 10.8 Å². The Kier molecular flexibility index (Phi) is 10.4. The lowest BCUT2D eigenvalue weighted by atomic mass is 9.78. The number of fused-ring (bicyclic) bond motifs is 1. The van der Waals surface area contributed by atoms with Crippen molar-refractivity contribution in [3.63, 3.8) is 0 Å². The third-order valence-electron chi connectivity index (χ3n) is 6.93. The summed E-state index contributed by atoms with van der Waals surface area (Å²) in [6, 6.07) is 4.28. The van der Waals surface area contributed by atoms with E-state index in [4.69, 9.17) is 4.74 Å². The Morgan fingerprint density at radius 3 is 2.26 bits per heavy atom. The van der Waals surface area contributed by atoms with Crippen LogP contribution in [-0.4, -0.2) is 35.1 Å². The van der Waals surface area contributed by atoms with Crippen LogP contribution in [0.2, 0.25) is 0 Å². The van der Waals surface area contributed by atoms with Gasteiger partial charge >= 0.3 is 5.97 Å². The predicted molar refractivity (Wildman–Crippen MR) is 161 cm³/mol. The molecule has 0 aliphatic heterocycles. The first-order valence-corrected chi connectivity index (χ1v) is 15.9. The molecule has 210 valence electrons. The van der Waals surface area contributed by atoms with Crippen LogP contribution < -0.4 is 5.32 Å². The van der Waals surface area contributed by atoms with Crippen LogP contribution in [0.1, 0.15) is 112 Å². The Morgan fingerprint density at radius 2 is 1.66 bits per heavy atom. The Labute approximate surface area is 237 Å². The Balaban J connectivity index is 1.59. The average Bonchev–Trinajstić information content (AvgIpc) is 2.98. The van der Waals surface area contributed by atoms with Crippen LogP contribution in [-0.2, 0) is 39.6 Å². The standard InChI is InChI=1S/C31H45NO4S2/c1-8-36-29(35)26-21-14-10-9-11-15-24(21)38-28(26)32-25(33)19-37-16-12-13-20-17-22(30(2,3)4)27(34)23(18-20)31(5,6)7/h17-18,34H,8-16,19H2,1-7H3,(H,32,33). The number of carbonyl (C=O) groups is 2. The minimum atomic E-state index is -0.326. The van der Waals surface area contributed by atoms with Gasteiger partial charge in [-0.15, -0.1) is 11.3 Å². The van der Waals surface area contributed by atoms with Crippen molar-refractivity contribution in [3.05, 3.63) is 44.8 Å². The van der Waals surface area contributed by atoms with E-state index in [0.29, 0.717) is 28.7 Å². The first-order chi connectivity index (χ1) is 17.8. The first-order valence-electron chi connectivity index (χ1n) is 13.9. The summed E-state index contributed by atoms with van der Waals surface area (Å²) >= 11 is 3.16. The number of benzene rings is 1. The van der Waals surface area contributed by atoms with Gasteiger partial charge in [-0.05, 0) is 84.3 Å². The van der Waals surface area contributed by atoms with Gasteiger partial charge in [0.25, 0.3) is 0 Å². The van der Waals surface area contributed by atoms with Crippen LogP contribution >= 0.6 is 23.1 Å². The monoisotopic (exact) mass is 559 g/mol. The third kappa shape index (κ3) is 7.78. The van der Waals surface area contributed by atoms with E-state index >= 15 is 0 Å². The summed E-state index contributed by atoms with van der Waals surface area (Å²) in [6.45, 7) is 14.9. The molecular formula is C31H45NO4S2. The number of esters is 1. The number of phenols is 1. The summed E-state index contributed by atoms with van der Waals surface area (Å²) in [7, 11) is 0. The van der Waals surface area contributed by atoms with Gasteiger partial charge in [-0.25, -0.2) is 4.79 Å². The molecule has 1 aromatic heterocycles. The lowest BCUT2D eigenvalue weighted by molar-refractivity contribution is -0.113. The van der Waals surface area contributed by atoms with Gasteiger partial charge in [0.2, 0.25) is 5.91 Å². The zero-order chi connectivity index (χ0) is 28.1. The molecule has 0 saturated carbocycles. The molecule has 1 aliphatic carbocycles. The molecule has 0 bridgehead atoms. The fraction of sp³-hybridized carbons (Fsp3) is 0.613. The fourth-order valence-electron chi connectivity index (χ4n) is 4.94. The van der Waals surface area contributed by atoms with Crippen LogP contribution in [0.25, 0.3) is 0 Å². The van der Waals surface area contributed by atoms with Crippen LogP contribution in [0.5, 0.6) is 5.75 Å². The molecule has 0 unspecified atom stereocenters. The number of anilines is 1. The van der Waals surface area contributed by atoms with Crippen LogP contribution in [0.15, 0.2) is 12.1 Å². The zero-order valence-electron chi connectivity index (χ0n) is 24.2. The maximum atomic E-state index is 12.8.